The number of carbonyl (C=O) groups is 4. The minimum Gasteiger partial charge on any atom is -0.542 e. The lowest BCUT2D eigenvalue weighted by atomic mass is 9.89. The predicted octanol–water partition coefficient (Wildman–Crippen LogP) is 3.18. The van der Waals surface area contributed by atoms with Crippen molar-refractivity contribution in [3.05, 3.63) is 36.2 Å². The van der Waals surface area contributed by atoms with Gasteiger partial charge in [0.2, 0.25) is 11.8 Å². The van der Waals surface area contributed by atoms with E-state index in [9.17, 15) is 32.7 Å². The van der Waals surface area contributed by atoms with Crippen LogP contribution < -0.4 is 25.7 Å². The zero-order chi connectivity index (χ0) is 43.3. The van der Waals surface area contributed by atoms with Crippen LogP contribution in [0.1, 0.15) is 81.2 Å². The number of hydrogen-bond donors (Lipinski definition) is 3. The number of aliphatic hydroxyl groups is 1. The number of aromatic nitrogens is 2. The van der Waals surface area contributed by atoms with Gasteiger partial charge < -0.3 is 44.2 Å². The number of amides is 2. The highest BCUT2D eigenvalue weighted by Gasteiger charge is 2.48. The monoisotopic (exact) mass is 815 g/mol. The Hall–Kier alpha value is -4.62. The lowest BCUT2D eigenvalue weighted by molar-refractivity contribution is -0.782. The van der Waals surface area contributed by atoms with Gasteiger partial charge in [0, 0.05) is 19.6 Å². The van der Waals surface area contributed by atoms with Crippen molar-refractivity contribution in [2.45, 2.75) is 136 Å². The van der Waals surface area contributed by atoms with Gasteiger partial charge in [-0.25, -0.2) is 20.3 Å². The van der Waals surface area contributed by atoms with E-state index in [0.29, 0.717) is 38.2 Å². The number of nitrogens with zero attached hydrogens (tertiary/aromatic N) is 3. The third kappa shape index (κ3) is 14.1. The van der Waals surface area contributed by atoms with Crippen LogP contribution in [0, 0.1) is 5.92 Å². The highest BCUT2D eigenvalue weighted by atomic mass is 19.4. The summed E-state index contributed by atoms with van der Waals surface area (Å²) < 4.78 is 58.2. The first-order valence-electron chi connectivity index (χ1n) is 18.4. The van der Waals surface area contributed by atoms with Crippen LogP contribution in [0.25, 0.3) is 11.1 Å². The topological polar surface area (TPSA) is 208 Å². The molecule has 1 aromatic heterocycles. The summed E-state index contributed by atoms with van der Waals surface area (Å²) in [4.78, 5) is 53.4. The zero-order valence-corrected chi connectivity index (χ0v) is 34.2. The van der Waals surface area contributed by atoms with Gasteiger partial charge in [-0.2, -0.15) is 17.9 Å². The number of halogens is 3. The average Bonchev–Trinajstić information content (AvgIpc) is 3.43. The lowest BCUT2D eigenvalue weighted by Crippen LogP contribution is -2.58. The zero-order valence-electron chi connectivity index (χ0n) is 34.2. The number of fused-ring (bicyclic) bond motifs is 1. The number of rotatable bonds is 10. The number of carboxylic acid groups (broad SMARTS) is 1. The van der Waals surface area contributed by atoms with Crippen molar-refractivity contribution in [2.24, 2.45) is 11.8 Å². The number of nitrogens with two attached hydrogens (primary N) is 1. The van der Waals surface area contributed by atoms with Crippen molar-refractivity contribution in [1.29, 1.82) is 0 Å². The van der Waals surface area contributed by atoms with E-state index < -0.39 is 58.8 Å². The molecule has 2 aliphatic rings. The molecular formula is C38H56F3N5O11. The smallest absolute Gasteiger partial charge is 0.430 e. The SMILES string of the molecule is CC(C)(C)OC(=O)NC[C@H](O)Cn1cc(-c2ccc3c(c2)CC[C@H](C(C)(ON)C(=O)OC(C)(C)C)O3)c[n+]1CC1CN(C(=O)OC(C)(C)C)C1.O=C([O-])C(F)(F)F. The maximum Gasteiger partial charge on any atom is 0.430 e. The number of aliphatic carboxylic acids is 1. The summed E-state index contributed by atoms with van der Waals surface area (Å²) in [6, 6.07) is 5.86. The van der Waals surface area contributed by atoms with Crippen molar-refractivity contribution < 1.29 is 71.0 Å². The molecule has 16 nitrogen and oxygen atoms in total. The number of aryl methyl sites for hydroxylation is 1. The standard InChI is InChI=1S/C36H55N5O9.C2HF3O2/c1-33(2,3)47-30(43)36(10,50-37)29-14-12-25-15-24(11-13-28(25)46-29)26-20-40(19-23-17-39(18-23)32(45)49-35(7,8)9)41(21-26)22-27(42)16-38-31(44)48-34(4,5)6;3-2(4,5)1(6)7/h11,13,15,20-21,23,27,29,42H,12,14,16-19,22,37H2,1-10H3;(H,6,7)/t27-,29+,36?;/m0./s1. The third-order valence-corrected chi connectivity index (χ3v) is 8.47. The molecule has 0 saturated carbocycles. The molecule has 57 heavy (non-hydrogen) atoms. The number of likely N-dealkylation sites (tertiary alicyclic amines) is 1. The molecule has 19 heteroatoms. The molecule has 4 rings (SSSR count). The van der Waals surface area contributed by atoms with Crippen molar-refractivity contribution in [3.63, 3.8) is 0 Å². The van der Waals surface area contributed by atoms with Crippen LogP contribution >= 0.6 is 0 Å². The summed E-state index contributed by atoms with van der Waals surface area (Å²) in [6.45, 7) is 19.7. The van der Waals surface area contributed by atoms with E-state index in [0.717, 1.165) is 16.7 Å². The molecule has 1 aromatic carbocycles. The Kier molecular flexibility index (Phi) is 14.7. The van der Waals surface area contributed by atoms with E-state index in [4.69, 9.17) is 39.6 Å². The average molecular weight is 816 g/mol. The molecule has 2 aliphatic heterocycles. The maximum absolute atomic E-state index is 13.0. The normalized spacial score (nSPS) is 17.7. The summed E-state index contributed by atoms with van der Waals surface area (Å²) in [5.41, 5.74) is -0.613. The number of benzene rings is 1. The van der Waals surface area contributed by atoms with Crippen LogP contribution in [-0.2, 0) is 48.1 Å². The van der Waals surface area contributed by atoms with Gasteiger partial charge in [0.1, 0.15) is 41.2 Å². The molecule has 3 heterocycles. The molecule has 2 aromatic rings. The van der Waals surface area contributed by atoms with Crippen LogP contribution in [0.5, 0.6) is 5.75 Å². The van der Waals surface area contributed by atoms with Crippen LogP contribution in [0.4, 0.5) is 22.8 Å². The molecule has 4 N–H and O–H groups in total. The van der Waals surface area contributed by atoms with E-state index in [1.165, 1.54) is 0 Å². The highest BCUT2D eigenvalue weighted by molar-refractivity contribution is 5.80. The maximum atomic E-state index is 13.0. The number of carboxylic acids is 1. The molecule has 2 amide bonds. The quantitative estimate of drug-likeness (QED) is 0.137. The van der Waals surface area contributed by atoms with Crippen LogP contribution in [0.2, 0.25) is 0 Å². The second-order valence-corrected chi connectivity index (χ2v) is 17.2. The Morgan fingerprint density at radius 2 is 1.54 bits per heavy atom. The van der Waals surface area contributed by atoms with Crippen LogP contribution in [0.3, 0.4) is 0 Å². The predicted molar refractivity (Wildman–Crippen MR) is 195 cm³/mol. The molecular weight excluding hydrogens is 759 g/mol. The molecule has 3 atom stereocenters. The summed E-state index contributed by atoms with van der Waals surface area (Å²) in [6.07, 6.45) is -2.60. The molecule has 1 unspecified atom stereocenters. The Morgan fingerprint density at radius 3 is 2.07 bits per heavy atom. The van der Waals surface area contributed by atoms with Crippen molar-refractivity contribution in [2.75, 3.05) is 19.6 Å². The first-order valence-corrected chi connectivity index (χ1v) is 18.4. The fraction of sp³-hybridized carbons (Fsp3) is 0.658. The van der Waals surface area contributed by atoms with Gasteiger partial charge in [-0.15, -0.1) is 4.68 Å². The third-order valence-electron chi connectivity index (χ3n) is 8.47. The van der Waals surface area contributed by atoms with Gasteiger partial charge in [0.15, 0.2) is 6.54 Å². The fourth-order valence-electron chi connectivity index (χ4n) is 5.78. The molecule has 1 saturated heterocycles. The van der Waals surface area contributed by atoms with Gasteiger partial charge in [-0.1, -0.05) is 6.07 Å². The minimum atomic E-state index is -5.19. The van der Waals surface area contributed by atoms with Crippen molar-refractivity contribution in [1.82, 2.24) is 14.9 Å². The van der Waals surface area contributed by atoms with Crippen molar-refractivity contribution >= 4 is 24.1 Å². The Labute approximate surface area is 330 Å². The number of nitrogens with one attached hydrogen (secondary N) is 1. The summed E-state index contributed by atoms with van der Waals surface area (Å²) >= 11 is 0. The number of carbonyl (C=O) groups excluding carboxylic acids is 4. The number of esters is 1. The number of ether oxygens (including phenoxy) is 4. The molecule has 1 fully saturated rings. The number of hydrogen-bond acceptors (Lipinski definition) is 12. The molecule has 0 aliphatic carbocycles. The van der Waals surface area contributed by atoms with Gasteiger partial charge in [-0.05, 0) is 105 Å². The van der Waals surface area contributed by atoms with E-state index in [-0.39, 0.29) is 25.1 Å². The fourth-order valence-corrected chi connectivity index (χ4v) is 5.78. The van der Waals surface area contributed by atoms with Gasteiger partial charge in [0.25, 0.3) is 0 Å². The minimum absolute atomic E-state index is 0.00432. The van der Waals surface area contributed by atoms with Crippen LogP contribution in [0.15, 0.2) is 30.6 Å². The number of alkyl carbamates (subject to hydrolysis) is 1. The van der Waals surface area contributed by atoms with E-state index in [1.807, 2.05) is 54.7 Å². The Morgan fingerprint density at radius 1 is 0.965 bits per heavy atom. The number of aliphatic hydroxyl groups excluding tert-OH is 1. The molecule has 0 spiro atoms. The van der Waals surface area contributed by atoms with E-state index in [1.54, 1.807) is 53.4 Å². The van der Waals surface area contributed by atoms with Crippen molar-refractivity contribution in [3.8, 4) is 16.9 Å². The highest BCUT2D eigenvalue weighted by Crippen LogP contribution is 2.36. The first-order chi connectivity index (χ1) is 26.0. The van der Waals surface area contributed by atoms with E-state index in [2.05, 4.69) is 11.4 Å². The van der Waals surface area contributed by atoms with E-state index >= 15 is 0 Å². The second kappa shape index (κ2) is 17.9. The van der Waals surface area contributed by atoms with Gasteiger partial charge in [0.05, 0.1) is 23.8 Å². The first kappa shape index (κ1) is 46.8. The Balaban J connectivity index is 0.00000113. The summed E-state index contributed by atoms with van der Waals surface area (Å²) in [7, 11) is 0. The molecule has 0 radical (unpaired) electrons. The lowest BCUT2D eigenvalue weighted by Gasteiger charge is -2.38. The Bertz CT molecular complexity index is 1720. The molecule has 320 valence electrons. The van der Waals surface area contributed by atoms with Gasteiger partial charge in [-0.3, -0.25) is 4.84 Å². The largest absolute Gasteiger partial charge is 0.542 e. The number of alkyl halides is 3. The summed E-state index contributed by atoms with van der Waals surface area (Å²) in [5.74, 6) is 2.84. The van der Waals surface area contributed by atoms with Crippen LogP contribution in [-0.4, -0.2) is 99.2 Å². The second-order valence-electron chi connectivity index (χ2n) is 17.2. The summed E-state index contributed by atoms with van der Waals surface area (Å²) in [5, 5.41) is 22.3. The molecule has 0 bridgehead atoms. The van der Waals surface area contributed by atoms with Gasteiger partial charge >= 0.3 is 24.3 Å².